The minimum Gasteiger partial charge on any atom is -0.466 e. The van der Waals surface area contributed by atoms with Gasteiger partial charge in [0.2, 0.25) is 0 Å². The van der Waals surface area contributed by atoms with Crippen LogP contribution in [0.5, 0.6) is 0 Å². The van der Waals surface area contributed by atoms with Gasteiger partial charge in [-0.25, -0.2) is 4.79 Å². The fraction of sp³-hybridized carbons (Fsp3) is 0.571. The second-order valence-corrected chi connectivity index (χ2v) is 2.34. The van der Waals surface area contributed by atoms with E-state index in [2.05, 4.69) is 25.4 Å². The van der Waals surface area contributed by atoms with Crippen LogP contribution in [0, 0.1) is 0 Å². The van der Waals surface area contributed by atoms with Crippen molar-refractivity contribution in [3.63, 3.8) is 0 Å². The number of methoxy groups -OCH3 is 2. The Morgan fingerprint density at radius 2 is 2.17 bits per heavy atom. The third-order valence-corrected chi connectivity index (χ3v) is 1.59. The maximum absolute atomic E-state index is 10.9. The Morgan fingerprint density at radius 1 is 1.50 bits per heavy atom. The smallest absolute Gasteiger partial charge is 0.336 e. The average Bonchev–Trinajstić information content (AvgIpc) is 2.11. The first-order valence-electron chi connectivity index (χ1n) is 3.20. The summed E-state index contributed by atoms with van der Waals surface area (Å²) < 4.78 is 14.0. The molecule has 0 spiro atoms. The van der Waals surface area contributed by atoms with Crippen molar-refractivity contribution < 1.29 is 19.0 Å². The van der Waals surface area contributed by atoms with E-state index in [0.717, 1.165) is 0 Å². The monoisotopic (exact) mass is 238 g/mol. The number of hydrogen-bond donors (Lipinski definition) is 0. The van der Waals surface area contributed by atoms with Crippen LogP contribution in [0.4, 0.5) is 0 Å². The molecule has 0 atom stereocenters. The summed E-state index contributed by atoms with van der Waals surface area (Å²) in [4.78, 5) is 12.4. The van der Waals surface area contributed by atoms with Crippen LogP contribution in [-0.2, 0) is 19.0 Å². The lowest BCUT2D eigenvalue weighted by Crippen LogP contribution is -2.11. The molecular formula is C7H11BrO4. The van der Waals surface area contributed by atoms with Crippen molar-refractivity contribution in [2.24, 2.45) is 0 Å². The lowest BCUT2D eigenvalue weighted by atomic mass is 10.3. The predicted octanol–water partition coefficient (Wildman–Crippen LogP) is 1.06. The third kappa shape index (κ3) is 4.48. The SMILES string of the molecule is COCOC/C(=C\Br)C(=O)OC. The van der Waals surface area contributed by atoms with Gasteiger partial charge in [0.1, 0.15) is 6.79 Å². The molecule has 0 bridgehead atoms. The Morgan fingerprint density at radius 3 is 2.58 bits per heavy atom. The summed E-state index contributed by atoms with van der Waals surface area (Å²) in [7, 11) is 2.82. The molecule has 0 rings (SSSR count). The molecule has 5 heteroatoms. The highest BCUT2D eigenvalue weighted by atomic mass is 79.9. The van der Waals surface area contributed by atoms with Gasteiger partial charge in [0.05, 0.1) is 19.3 Å². The van der Waals surface area contributed by atoms with Gasteiger partial charge in [0.25, 0.3) is 0 Å². The molecule has 0 radical (unpaired) electrons. The van der Waals surface area contributed by atoms with Gasteiger partial charge >= 0.3 is 5.97 Å². The van der Waals surface area contributed by atoms with Crippen LogP contribution in [0.3, 0.4) is 0 Å². The molecule has 0 heterocycles. The summed E-state index contributed by atoms with van der Waals surface area (Å²) in [5.74, 6) is -0.414. The standard InChI is InChI=1S/C7H11BrO4/c1-10-5-12-4-6(3-8)7(9)11-2/h3H,4-5H2,1-2H3/b6-3+. The van der Waals surface area contributed by atoms with Crippen LogP contribution < -0.4 is 0 Å². The minimum atomic E-state index is -0.414. The average molecular weight is 239 g/mol. The van der Waals surface area contributed by atoms with Gasteiger partial charge in [-0.15, -0.1) is 0 Å². The molecule has 0 aliphatic heterocycles. The summed E-state index contributed by atoms with van der Waals surface area (Å²) in [5.41, 5.74) is 0.412. The summed E-state index contributed by atoms with van der Waals surface area (Å²) in [6, 6.07) is 0. The van der Waals surface area contributed by atoms with Gasteiger partial charge in [-0.3, -0.25) is 0 Å². The van der Waals surface area contributed by atoms with Gasteiger partial charge in [-0.05, 0) is 4.99 Å². The fourth-order valence-electron chi connectivity index (χ4n) is 0.501. The molecule has 0 fully saturated rings. The molecule has 0 aliphatic rings. The van der Waals surface area contributed by atoms with Gasteiger partial charge in [0, 0.05) is 7.11 Å². The first-order chi connectivity index (χ1) is 5.76. The lowest BCUT2D eigenvalue weighted by molar-refractivity contribution is -0.137. The van der Waals surface area contributed by atoms with Crippen LogP contribution in [-0.4, -0.2) is 33.6 Å². The number of carbonyl (C=O) groups excluding carboxylic acids is 1. The summed E-state index contributed by atoms with van der Waals surface area (Å²) >= 11 is 3.03. The molecule has 0 aromatic heterocycles. The molecule has 0 aliphatic carbocycles. The van der Waals surface area contributed by atoms with Crippen molar-refractivity contribution in [3.05, 3.63) is 10.6 Å². The largest absolute Gasteiger partial charge is 0.466 e. The zero-order valence-corrected chi connectivity index (χ0v) is 8.59. The van der Waals surface area contributed by atoms with Crippen molar-refractivity contribution in [1.29, 1.82) is 0 Å². The number of halogens is 1. The van der Waals surface area contributed by atoms with Gasteiger partial charge in [-0.2, -0.15) is 0 Å². The van der Waals surface area contributed by atoms with Crippen LogP contribution in [0.1, 0.15) is 0 Å². The van der Waals surface area contributed by atoms with E-state index in [-0.39, 0.29) is 13.4 Å². The highest BCUT2D eigenvalue weighted by Gasteiger charge is 2.07. The number of esters is 1. The second kappa shape index (κ2) is 7.27. The quantitative estimate of drug-likeness (QED) is 0.311. The number of rotatable bonds is 5. The highest BCUT2D eigenvalue weighted by Crippen LogP contribution is 2.01. The molecule has 4 nitrogen and oxygen atoms in total. The molecule has 0 aromatic carbocycles. The fourth-order valence-corrected chi connectivity index (χ4v) is 0.820. The lowest BCUT2D eigenvalue weighted by Gasteiger charge is -2.04. The first-order valence-corrected chi connectivity index (χ1v) is 4.12. The Labute approximate surface area is 79.6 Å². The molecule has 0 amide bonds. The molecule has 0 saturated carbocycles. The van der Waals surface area contributed by atoms with Crippen LogP contribution in [0.15, 0.2) is 10.6 Å². The molecule has 0 N–H and O–H groups in total. The molecule has 70 valence electrons. The molecular weight excluding hydrogens is 228 g/mol. The van der Waals surface area contributed by atoms with E-state index in [1.165, 1.54) is 19.2 Å². The predicted molar refractivity (Wildman–Crippen MR) is 46.9 cm³/mol. The number of ether oxygens (including phenoxy) is 3. The normalized spacial score (nSPS) is 11.4. The van der Waals surface area contributed by atoms with E-state index in [1.807, 2.05) is 0 Å². The Balaban J connectivity index is 3.77. The van der Waals surface area contributed by atoms with E-state index in [4.69, 9.17) is 4.74 Å². The van der Waals surface area contributed by atoms with Crippen LogP contribution >= 0.6 is 15.9 Å². The minimum absolute atomic E-state index is 0.154. The zero-order chi connectivity index (χ0) is 9.40. The van der Waals surface area contributed by atoms with Crippen molar-refractivity contribution in [2.75, 3.05) is 27.6 Å². The first kappa shape index (κ1) is 11.6. The van der Waals surface area contributed by atoms with E-state index in [9.17, 15) is 4.79 Å². The summed E-state index contributed by atoms with van der Waals surface area (Å²) in [5, 5.41) is 0. The van der Waals surface area contributed by atoms with Crippen molar-refractivity contribution in [1.82, 2.24) is 0 Å². The van der Waals surface area contributed by atoms with E-state index in [1.54, 1.807) is 0 Å². The third-order valence-electron chi connectivity index (χ3n) is 1.04. The highest BCUT2D eigenvalue weighted by molar-refractivity contribution is 9.11. The maximum Gasteiger partial charge on any atom is 0.336 e. The molecule has 0 unspecified atom stereocenters. The summed E-state index contributed by atoms with van der Waals surface area (Å²) in [6.07, 6.45) is 0. The summed E-state index contributed by atoms with van der Waals surface area (Å²) in [6.45, 7) is 0.326. The second-order valence-electron chi connectivity index (χ2n) is 1.88. The number of hydrogen-bond acceptors (Lipinski definition) is 4. The topological polar surface area (TPSA) is 44.8 Å². The van der Waals surface area contributed by atoms with E-state index in [0.29, 0.717) is 5.57 Å². The molecule has 12 heavy (non-hydrogen) atoms. The Bertz CT molecular complexity index is 167. The van der Waals surface area contributed by atoms with Crippen LogP contribution in [0.25, 0.3) is 0 Å². The zero-order valence-electron chi connectivity index (χ0n) is 7.00. The van der Waals surface area contributed by atoms with Crippen molar-refractivity contribution in [2.45, 2.75) is 0 Å². The molecule has 0 aromatic rings. The Hall–Kier alpha value is -0.390. The Kier molecular flexibility index (Phi) is 7.03. The van der Waals surface area contributed by atoms with Crippen molar-refractivity contribution >= 4 is 21.9 Å². The van der Waals surface area contributed by atoms with Gasteiger partial charge in [-0.1, -0.05) is 15.9 Å². The van der Waals surface area contributed by atoms with Crippen molar-refractivity contribution in [3.8, 4) is 0 Å². The maximum atomic E-state index is 10.9. The number of carbonyl (C=O) groups is 1. The van der Waals surface area contributed by atoms with Crippen LogP contribution in [0.2, 0.25) is 0 Å². The molecule has 0 saturated heterocycles. The van der Waals surface area contributed by atoms with Gasteiger partial charge < -0.3 is 14.2 Å². The van der Waals surface area contributed by atoms with Gasteiger partial charge in [0.15, 0.2) is 0 Å². The van der Waals surface area contributed by atoms with E-state index >= 15 is 0 Å². The van der Waals surface area contributed by atoms with E-state index < -0.39 is 5.97 Å².